The second kappa shape index (κ2) is 9.72. The Morgan fingerprint density at radius 2 is 2.03 bits per heavy atom. The number of likely N-dealkylation sites (tertiary alicyclic amines) is 1. The maximum Gasteiger partial charge on any atom is 0.409 e. The molecule has 0 aliphatic carbocycles. The summed E-state index contributed by atoms with van der Waals surface area (Å²) < 4.78 is 6.55. The molecule has 0 atom stereocenters. The van der Waals surface area contributed by atoms with Crippen molar-refractivity contribution in [3.05, 3.63) is 48.5 Å². The van der Waals surface area contributed by atoms with Crippen molar-refractivity contribution in [1.82, 2.24) is 19.8 Å². The molecule has 0 bridgehead atoms. The first kappa shape index (κ1) is 20.4. The van der Waals surface area contributed by atoms with E-state index in [2.05, 4.69) is 15.6 Å². The van der Waals surface area contributed by atoms with E-state index in [1.807, 2.05) is 4.57 Å². The number of piperidine rings is 1. The van der Waals surface area contributed by atoms with Crippen molar-refractivity contribution in [3.8, 4) is 0 Å². The molecule has 2 N–H and O–H groups in total. The highest BCUT2D eigenvalue weighted by Crippen LogP contribution is 2.14. The highest BCUT2D eigenvalue weighted by atomic mass is 16.5. The minimum Gasteiger partial charge on any atom is -0.453 e. The molecule has 154 valence electrons. The van der Waals surface area contributed by atoms with Gasteiger partial charge >= 0.3 is 6.09 Å². The molecule has 3 amide bonds. The number of aryl methyl sites for hydroxylation is 1. The number of ether oxygens (including phenoxy) is 1. The number of methoxy groups -OCH3 is 1. The lowest BCUT2D eigenvalue weighted by atomic mass is 10.0. The van der Waals surface area contributed by atoms with Crippen LogP contribution in [0.15, 0.2) is 43.0 Å². The summed E-state index contributed by atoms with van der Waals surface area (Å²) in [6.45, 7) is 1.63. The molecule has 0 spiro atoms. The Balaban J connectivity index is 1.49. The first-order valence-electron chi connectivity index (χ1n) is 9.54. The van der Waals surface area contributed by atoms with E-state index >= 15 is 0 Å². The quantitative estimate of drug-likeness (QED) is 0.771. The van der Waals surface area contributed by atoms with Crippen LogP contribution < -0.4 is 10.6 Å². The van der Waals surface area contributed by atoms with Crippen LogP contribution in [0.1, 0.15) is 29.6 Å². The lowest BCUT2D eigenvalue weighted by Crippen LogP contribution is -2.46. The number of carbonyl (C=O) groups is 3. The molecular formula is C20H25N5O4. The largest absolute Gasteiger partial charge is 0.453 e. The predicted octanol–water partition coefficient (Wildman–Crippen LogP) is 1.87. The van der Waals surface area contributed by atoms with E-state index in [9.17, 15) is 14.4 Å². The molecule has 2 aromatic rings. The van der Waals surface area contributed by atoms with E-state index in [1.165, 1.54) is 7.11 Å². The van der Waals surface area contributed by atoms with E-state index < -0.39 is 0 Å². The first-order chi connectivity index (χ1) is 14.0. The van der Waals surface area contributed by atoms with Gasteiger partial charge in [-0.3, -0.25) is 9.59 Å². The summed E-state index contributed by atoms with van der Waals surface area (Å²) in [5.74, 6) is -0.331. The maximum absolute atomic E-state index is 12.6. The van der Waals surface area contributed by atoms with Crippen LogP contribution in [0.4, 0.5) is 10.5 Å². The number of carbonyl (C=O) groups excluding carboxylic acids is 3. The predicted molar refractivity (Wildman–Crippen MR) is 106 cm³/mol. The minimum absolute atomic E-state index is 0.00293. The fourth-order valence-electron chi connectivity index (χ4n) is 3.22. The van der Waals surface area contributed by atoms with Crippen molar-refractivity contribution in [2.75, 3.05) is 25.5 Å². The van der Waals surface area contributed by atoms with Gasteiger partial charge in [-0.1, -0.05) is 6.07 Å². The van der Waals surface area contributed by atoms with Crippen molar-refractivity contribution in [2.24, 2.45) is 0 Å². The van der Waals surface area contributed by atoms with Crippen LogP contribution in [-0.4, -0.2) is 58.6 Å². The number of aromatic nitrogens is 2. The molecule has 1 aliphatic heterocycles. The van der Waals surface area contributed by atoms with Gasteiger partial charge in [-0.15, -0.1) is 0 Å². The molecule has 9 heteroatoms. The molecule has 1 aromatic carbocycles. The summed E-state index contributed by atoms with van der Waals surface area (Å²) in [5.41, 5.74) is 1.06. The Hall–Kier alpha value is -3.36. The Morgan fingerprint density at radius 3 is 2.72 bits per heavy atom. The van der Waals surface area contributed by atoms with Gasteiger partial charge in [-0.2, -0.15) is 0 Å². The van der Waals surface area contributed by atoms with Crippen LogP contribution in [0.5, 0.6) is 0 Å². The van der Waals surface area contributed by atoms with Gasteiger partial charge in [0.15, 0.2) is 0 Å². The van der Waals surface area contributed by atoms with Crippen molar-refractivity contribution >= 4 is 23.6 Å². The smallest absolute Gasteiger partial charge is 0.409 e. The van der Waals surface area contributed by atoms with Crippen LogP contribution in [0.3, 0.4) is 0 Å². The zero-order valence-corrected chi connectivity index (χ0v) is 16.3. The van der Waals surface area contributed by atoms with E-state index in [4.69, 9.17) is 4.74 Å². The fourth-order valence-corrected chi connectivity index (χ4v) is 3.22. The molecule has 1 aliphatic rings. The molecule has 0 unspecified atom stereocenters. The molecule has 3 rings (SSSR count). The van der Waals surface area contributed by atoms with E-state index in [1.54, 1.807) is 47.9 Å². The van der Waals surface area contributed by atoms with Gasteiger partial charge in [0.05, 0.1) is 13.4 Å². The summed E-state index contributed by atoms with van der Waals surface area (Å²) in [4.78, 5) is 41.8. The van der Waals surface area contributed by atoms with Gasteiger partial charge in [0.25, 0.3) is 5.91 Å². The number of hydrogen-bond donors (Lipinski definition) is 2. The summed E-state index contributed by atoms with van der Waals surface area (Å²) >= 11 is 0. The van der Waals surface area contributed by atoms with Gasteiger partial charge < -0.3 is 24.8 Å². The highest BCUT2D eigenvalue weighted by molar-refractivity contribution is 5.97. The van der Waals surface area contributed by atoms with E-state index in [0.717, 1.165) is 0 Å². The molecule has 1 aromatic heterocycles. The number of rotatable bonds is 6. The van der Waals surface area contributed by atoms with Gasteiger partial charge in [-0.25, -0.2) is 9.78 Å². The number of imidazole rings is 1. The molecule has 0 saturated carbocycles. The third kappa shape index (κ3) is 5.81. The van der Waals surface area contributed by atoms with Crippen molar-refractivity contribution in [3.63, 3.8) is 0 Å². The van der Waals surface area contributed by atoms with Gasteiger partial charge in [0.1, 0.15) is 0 Å². The van der Waals surface area contributed by atoms with E-state index in [0.29, 0.717) is 50.1 Å². The summed E-state index contributed by atoms with van der Waals surface area (Å²) in [7, 11) is 1.36. The summed E-state index contributed by atoms with van der Waals surface area (Å²) in [6.07, 6.45) is 6.44. The first-order valence-corrected chi connectivity index (χ1v) is 9.54. The van der Waals surface area contributed by atoms with Gasteiger partial charge in [0, 0.05) is 55.7 Å². The molecule has 9 nitrogen and oxygen atoms in total. The second-order valence-electron chi connectivity index (χ2n) is 6.88. The molecule has 1 saturated heterocycles. The fraction of sp³-hybridized carbons (Fsp3) is 0.400. The second-order valence-corrected chi connectivity index (χ2v) is 6.88. The standard InChI is InChI=1S/C20H25N5O4/c1-29-20(28)25-10-5-16(6-11-25)23-19(27)15-3-2-4-17(13-15)22-18(26)7-9-24-12-8-21-14-24/h2-4,8,12-14,16H,5-7,9-11H2,1H3,(H,22,26)(H,23,27). The van der Waals surface area contributed by atoms with Crippen LogP contribution in [0, 0.1) is 0 Å². The van der Waals surface area contributed by atoms with Crippen LogP contribution in [0.25, 0.3) is 0 Å². The Labute approximate surface area is 169 Å². The lowest BCUT2D eigenvalue weighted by molar-refractivity contribution is -0.116. The Morgan fingerprint density at radius 1 is 1.24 bits per heavy atom. The summed E-state index contributed by atoms with van der Waals surface area (Å²) in [6, 6.07) is 6.85. The van der Waals surface area contributed by atoms with Gasteiger partial charge in [0.2, 0.25) is 5.91 Å². The zero-order valence-electron chi connectivity index (χ0n) is 16.3. The van der Waals surface area contributed by atoms with Crippen LogP contribution in [0.2, 0.25) is 0 Å². The van der Waals surface area contributed by atoms with Crippen molar-refractivity contribution in [2.45, 2.75) is 31.8 Å². The number of nitrogens with zero attached hydrogens (tertiary/aromatic N) is 3. The molecular weight excluding hydrogens is 374 g/mol. The van der Waals surface area contributed by atoms with E-state index in [-0.39, 0.29) is 23.9 Å². The normalized spacial score (nSPS) is 14.3. The number of benzene rings is 1. The summed E-state index contributed by atoms with van der Waals surface area (Å²) in [5, 5.41) is 5.81. The Bertz CT molecular complexity index is 844. The average Bonchev–Trinajstić information content (AvgIpc) is 3.26. The van der Waals surface area contributed by atoms with Crippen LogP contribution in [-0.2, 0) is 16.1 Å². The zero-order chi connectivity index (χ0) is 20.6. The van der Waals surface area contributed by atoms with Gasteiger partial charge in [-0.05, 0) is 31.0 Å². The molecule has 0 radical (unpaired) electrons. The number of hydrogen-bond acceptors (Lipinski definition) is 5. The minimum atomic E-state index is -0.341. The third-order valence-electron chi connectivity index (χ3n) is 4.83. The maximum atomic E-state index is 12.6. The Kier molecular flexibility index (Phi) is 6.83. The third-order valence-corrected chi connectivity index (χ3v) is 4.83. The topological polar surface area (TPSA) is 106 Å². The highest BCUT2D eigenvalue weighted by Gasteiger charge is 2.24. The number of anilines is 1. The average molecular weight is 399 g/mol. The number of amides is 3. The molecule has 29 heavy (non-hydrogen) atoms. The van der Waals surface area contributed by atoms with Crippen molar-refractivity contribution < 1.29 is 19.1 Å². The SMILES string of the molecule is COC(=O)N1CCC(NC(=O)c2cccc(NC(=O)CCn3ccnc3)c2)CC1. The van der Waals surface area contributed by atoms with Crippen molar-refractivity contribution in [1.29, 1.82) is 0 Å². The number of nitrogens with one attached hydrogen (secondary N) is 2. The monoisotopic (exact) mass is 399 g/mol. The molecule has 2 heterocycles. The van der Waals surface area contributed by atoms with Crippen LogP contribution >= 0.6 is 0 Å². The lowest BCUT2D eigenvalue weighted by Gasteiger charge is -2.31. The molecule has 1 fully saturated rings.